The Morgan fingerprint density at radius 3 is 2.83 bits per heavy atom. The average molecular weight is 253 g/mol. The highest BCUT2D eigenvalue weighted by atomic mass is 16.6. The van der Waals surface area contributed by atoms with E-state index in [2.05, 4.69) is 5.32 Å². The molecule has 0 aliphatic rings. The third-order valence-electron chi connectivity index (χ3n) is 2.40. The number of rotatable bonds is 5. The van der Waals surface area contributed by atoms with E-state index in [4.69, 9.17) is 5.73 Å². The first-order valence-corrected chi connectivity index (χ1v) is 5.50. The summed E-state index contributed by atoms with van der Waals surface area (Å²) >= 11 is 0. The molecule has 7 nitrogen and oxygen atoms in total. The maximum absolute atomic E-state index is 11.7. The number of nitrogens with one attached hydrogen (secondary N) is 1. The van der Waals surface area contributed by atoms with Gasteiger partial charge in [-0.1, -0.05) is 19.4 Å². The van der Waals surface area contributed by atoms with Gasteiger partial charge in [0, 0.05) is 6.07 Å². The van der Waals surface area contributed by atoms with Crippen molar-refractivity contribution in [2.75, 3.05) is 5.32 Å². The Bertz CT molecular complexity index is 462. The van der Waals surface area contributed by atoms with Gasteiger partial charge in [-0.15, -0.1) is 0 Å². The Morgan fingerprint density at radius 2 is 2.28 bits per heavy atom. The number of benzene rings is 1. The second-order valence-corrected chi connectivity index (χ2v) is 3.81. The Kier molecular flexibility index (Phi) is 4.61. The molecular weight excluding hydrogens is 238 g/mol. The van der Waals surface area contributed by atoms with Gasteiger partial charge in [0.1, 0.15) is 5.75 Å². The molecule has 0 aliphatic heterocycles. The number of aromatic hydroxyl groups is 1. The number of phenolic OH excluding ortho intramolecular Hbond substituents is 1. The van der Waals surface area contributed by atoms with Gasteiger partial charge in [-0.2, -0.15) is 0 Å². The average Bonchev–Trinajstić information content (AvgIpc) is 2.31. The van der Waals surface area contributed by atoms with E-state index in [1.54, 1.807) is 0 Å². The molecule has 1 aromatic rings. The largest absolute Gasteiger partial charge is 0.505 e. The first-order valence-electron chi connectivity index (χ1n) is 5.50. The van der Waals surface area contributed by atoms with E-state index in [0.29, 0.717) is 6.42 Å². The van der Waals surface area contributed by atoms with E-state index in [0.717, 1.165) is 6.42 Å². The fraction of sp³-hybridized carbons (Fsp3) is 0.364. The Hall–Kier alpha value is -2.15. The van der Waals surface area contributed by atoms with Crippen LogP contribution in [-0.2, 0) is 4.79 Å². The zero-order chi connectivity index (χ0) is 13.7. The number of carbonyl (C=O) groups is 1. The summed E-state index contributed by atoms with van der Waals surface area (Å²) in [5.74, 6) is -0.914. The lowest BCUT2D eigenvalue weighted by Crippen LogP contribution is -2.35. The number of amides is 1. The molecule has 1 rings (SSSR count). The molecule has 0 aromatic heterocycles. The van der Waals surface area contributed by atoms with Gasteiger partial charge in [-0.05, 0) is 12.5 Å². The second-order valence-electron chi connectivity index (χ2n) is 3.81. The van der Waals surface area contributed by atoms with E-state index in [1.807, 2.05) is 6.92 Å². The van der Waals surface area contributed by atoms with Crippen molar-refractivity contribution in [2.45, 2.75) is 25.8 Å². The predicted molar refractivity (Wildman–Crippen MR) is 66.3 cm³/mol. The van der Waals surface area contributed by atoms with Gasteiger partial charge >= 0.3 is 0 Å². The minimum atomic E-state index is -0.755. The first-order chi connectivity index (χ1) is 8.47. The summed E-state index contributed by atoms with van der Waals surface area (Å²) in [7, 11) is 0. The van der Waals surface area contributed by atoms with Crippen LogP contribution >= 0.6 is 0 Å². The highest BCUT2D eigenvalue weighted by molar-refractivity contribution is 5.98. The summed E-state index contributed by atoms with van der Waals surface area (Å²) in [6.07, 6.45) is 1.19. The Balaban J connectivity index is 2.96. The lowest BCUT2D eigenvalue weighted by atomic mass is 10.1. The fourth-order valence-corrected chi connectivity index (χ4v) is 1.47. The number of anilines is 1. The number of para-hydroxylation sites is 1. The summed E-state index contributed by atoms with van der Waals surface area (Å²) in [4.78, 5) is 21.7. The summed E-state index contributed by atoms with van der Waals surface area (Å²) in [6.45, 7) is 1.87. The molecule has 1 unspecified atom stereocenters. The number of nitrogens with two attached hydrogens (primary N) is 1. The van der Waals surface area contributed by atoms with Crippen molar-refractivity contribution in [2.24, 2.45) is 5.73 Å². The van der Waals surface area contributed by atoms with Gasteiger partial charge in [0.2, 0.25) is 5.91 Å². The molecule has 0 radical (unpaired) electrons. The minimum Gasteiger partial charge on any atom is -0.505 e. The molecule has 1 atom stereocenters. The molecule has 0 bridgehead atoms. The molecule has 0 saturated carbocycles. The molecule has 0 fully saturated rings. The number of nitro benzene ring substituents is 1. The normalized spacial score (nSPS) is 11.9. The van der Waals surface area contributed by atoms with Gasteiger partial charge in [0.25, 0.3) is 5.69 Å². The topological polar surface area (TPSA) is 118 Å². The van der Waals surface area contributed by atoms with Gasteiger partial charge in [0.15, 0.2) is 5.69 Å². The standard InChI is InChI=1S/C11H15N3O4/c1-2-4-7(12)11(16)13-10-8(14(17)18)5-3-6-9(10)15/h3,5-7,15H,2,4,12H2,1H3,(H,13,16). The van der Waals surface area contributed by atoms with E-state index >= 15 is 0 Å². The second kappa shape index (κ2) is 5.97. The molecule has 18 heavy (non-hydrogen) atoms. The van der Waals surface area contributed by atoms with Crippen LogP contribution in [0.2, 0.25) is 0 Å². The first kappa shape index (κ1) is 13.9. The van der Waals surface area contributed by atoms with Crippen LogP contribution in [0.1, 0.15) is 19.8 Å². The molecule has 0 heterocycles. The third kappa shape index (κ3) is 3.17. The maximum atomic E-state index is 11.7. The van der Waals surface area contributed by atoms with Crippen molar-refractivity contribution in [3.8, 4) is 5.75 Å². The summed E-state index contributed by atoms with van der Waals surface area (Å²) < 4.78 is 0. The van der Waals surface area contributed by atoms with Gasteiger partial charge in [-0.25, -0.2) is 0 Å². The number of hydrogen-bond donors (Lipinski definition) is 3. The van der Waals surface area contributed by atoms with Gasteiger partial charge in [0.05, 0.1) is 11.0 Å². The Labute approximate surface area is 104 Å². The lowest BCUT2D eigenvalue weighted by Gasteiger charge is -2.12. The van der Waals surface area contributed by atoms with Crippen molar-refractivity contribution in [1.29, 1.82) is 0 Å². The summed E-state index contributed by atoms with van der Waals surface area (Å²) in [6, 6.07) is 3.03. The highest BCUT2D eigenvalue weighted by Crippen LogP contribution is 2.33. The molecular formula is C11H15N3O4. The number of nitrogens with zero attached hydrogens (tertiary/aromatic N) is 1. The van der Waals surface area contributed by atoms with E-state index in [9.17, 15) is 20.0 Å². The van der Waals surface area contributed by atoms with Crippen LogP contribution in [0.3, 0.4) is 0 Å². The number of carbonyl (C=O) groups excluding carboxylic acids is 1. The van der Waals surface area contributed by atoms with Crippen LogP contribution in [0.25, 0.3) is 0 Å². The van der Waals surface area contributed by atoms with Crippen LogP contribution in [0, 0.1) is 10.1 Å². The molecule has 98 valence electrons. The fourth-order valence-electron chi connectivity index (χ4n) is 1.47. The lowest BCUT2D eigenvalue weighted by molar-refractivity contribution is -0.384. The predicted octanol–water partition coefficient (Wildman–Crippen LogP) is 1.37. The highest BCUT2D eigenvalue weighted by Gasteiger charge is 2.21. The number of phenols is 1. The van der Waals surface area contributed by atoms with E-state index in [1.165, 1.54) is 18.2 Å². The van der Waals surface area contributed by atoms with Crippen molar-refractivity contribution >= 4 is 17.3 Å². The number of hydrogen-bond acceptors (Lipinski definition) is 5. The van der Waals surface area contributed by atoms with Crippen molar-refractivity contribution in [1.82, 2.24) is 0 Å². The van der Waals surface area contributed by atoms with Gasteiger partial charge in [-0.3, -0.25) is 14.9 Å². The molecule has 7 heteroatoms. The van der Waals surface area contributed by atoms with E-state index in [-0.39, 0.29) is 17.1 Å². The zero-order valence-electron chi connectivity index (χ0n) is 9.92. The molecule has 1 aromatic carbocycles. The molecule has 1 amide bonds. The monoisotopic (exact) mass is 253 g/mol. The van der Waals surface area contributed by atoms with Gasteiger partial charge < -0.3 is 16.2 Å². The van der Waals surface area contributed by atoms with Crippen LogP contribution in [0.5, 0.6) is 5.75 Å². The minimum absolute atomic E-state index is 0.223. The summed E-state index contributed by atoms with van der Waals surface area (Å²) in [5.41, 5.74) is 5.00. The third-order valence-corrected chi connectivity index (χ3v) is 2.40. The molecule has 0 saturated heterocycles. The van der Waals surface area contributed by atoms with Crippen molar-refractivity contribution in [3.05, 3.63) is 28.3 Å². The quantitative estimate of drug-likeness (QED) is 0.416. The maximum Gasteiger partial charge on any atom is 0.296 e. The molecule has 4 N–H and O–H groups in total. The van der Waals surface area contributed by atoms with Crippen LogP contribution in [-0.4, -0.2) is 22.0 Å². The Morgan fingerprint density at radius 1 is 1.61 bits per heavy atom. The zero-order valence-corrected chi connectivity index (χ0v) is 9.92. The summed E-state index contributed by atoms with van der Waals surface area (Å²) in [5, 5.41) is 22.6. The van der Waals surface area contributed by atoms with Crippen molar-refractivity contribution < 1.29 is 14.8 Å². The van der Waals surface area contributed by atoms with E-state index < -0.39 is 16.9 Å². The van der Waals surface area contributed by atoms with Crippen LogP contribution in [0.4, 0.5) is 11.4 Å². The van der Waals surface area contributed by atoms with Crippen molar-refractivity contribution in [3.63, 3.8) is 0 Å². The van der Waals surface area contributed by atoms with Crippen LogP contribution in [0.15, 0.2) is 18.2 Å². The molecule has 0 aliphatic carbocycles. The SMILES string of the molecule is CCCC(N)C(=O)Nc1c(O)cccc1[N+](=O)[O-]. The number of nitro groups is 1. The smallest absolute Gasteiger partial charge is 0.296 e. The van der Waals surface area contributed by atoms with Crippen LogP contribution < -0.4 is 11.1 Å². The molecule has 0 spiro atoms.